The molecule has 2 amide bonds. The molecular formula is C22H26N2O4. The molecule has 4 rings (SSSR count). The molecule has 3 heterocycles. The van der Waals surface area contributed by atoms with Crippen molar-refractivity contribution in [1.82, 2.24) is 9.80 Å². The van der Waals surface area contributed by atoms with Gasteiger partial charge in [0.15, 0.2) is 5.78 Å². The summed E-state index contributed by atoms with van der Waals surface area (Å²) in [5, 5.41) is 0. The summed E-state index contributed by atoms with van der Waals surface area (Å²) in [5.74, 6) is 0.697. The minimum Gasteiger partial charge on any atom is -0.484 e. The molecule has 6 nitrogen and oxygen atoms in total. The molecule has 0 saturated carbocycles. The number of carbonyl (C=O) groups excluding carboxylic acids is 3. The third-order valence-electron chi connectivity index (χ3n) is 6.18. The first kappa shape index (κ1) is 18.7. The number of amides is 2. The standard InChI is InChI=1S/C22H26N2O4/c1-2-20(26)23-12-8-16(9-13-23)21(27)24-11-5-10-22(15-24)14-18(25)17-6-3-4-7-19(17)28-22/h2-4,6-7,16H,1,5,8-15H2. The fraction of sp³-hybridized carbons (Fsp3) is 0.500. The van der Waals surface area contributed by atoms with E-state index in [2.05, 4.69) is 6.58 Å². The van der Waals surface area contributed by atoms with Crippen LogP contribution in [-0.2, 0) is 9.59 Å². The van der Waals surface area contributed by atoms with Crippen LogP contribution in [0.5, 0.6) is 5.75 Å². The number of hydrogen-bond donors (Lipinski definition) is 0. The number of hydrogen-bond acceptors (Lipinski definition) is 4. The second-order valence-electron chi connectivity index (χ2n) is 8.05. The van der Waals surface area contributed by atoms with E-state index in [9.17, 15) is 14.4 Å². The van der Waals surface area contributed by atoms with Crippen molar-refractivity contribution in [3.63, 3.8) is 0 Å². The number of benzene rings is 1. The zero-order valence-electron chi connectivity index (χ0n) is 16.1. The second-order valence-corrected chi connectivity index (χ2v) is 8.05. The number of carbonyl (C=O) groups is 3. The molecule has 0 aromatic heterocycles. The van der Waals surface area contributed by atoms with Crippen molar-refractivity contribution in [2.45, 2.75) is 37.7 Å². The van der Waals surface area contributed by atoms with Crippen LogP contribution in [0.25, 0.3) is 0 Å². The molecule has 1 spiro atoms. The van der Waals surface area contributed by atoms with Gasteiger partial charge in [-0.05, 0) is 43.9 Å². The van der Waals surface area contributed by atoms with E-state index in [1.807, 2.05) is 23.1 Å². The number of para-hydroxylation sites is 1. The maximum absolute atomic E-state index is 13.1. The molecule has 28 heavy (non-hydrogen) atoms. The number of fused-ring (bicyclic) bond motifs is 1. The second kappa shape index (κ2) is 7.41. The van der Waals surface area contributed by atoms with Gasteiger partial charge >= 0.3 is 0 Å². The Bertz CT molecular complexity index is 813. The highest BCUT2D eigenvalue weighted by Gasteiger charge is 2.45. The van der Waals surface area contributed by atoms with Gasteiger partial charge in [-0.25, -0.2) is 0 Å². The lowest BCUT2D eigenvalue weighted by Crippen LogP contribution is -2.57. The fourth-order valence-corrected chi connectivity index (χ4v) is 4.69. The third-order valence-corrected chi connectivity index (χ3v) is 6.18. The van der Waals surface area contributed by atoms with Crippen LogP contribution in [0.2, 0.25) is 0 Å². The Morgan fingerprint density at radius 2 is 1.89 bits per heavy atom. The van der Waals surface area contributed by atoms with Gasteiger partial charge in [0.1, 0.15) is 11.4 Å². The summed E-state index contributed by atoms with van der Waals surface area (Å²) in [6.45, 7) is 5.85. The molecule has 0 radical (unpaired) electrons. The SMILES string of the molecule is C=CC(=O)N1CCC(C(=O)N2CCCC3(CC(=O)c4ccccc4O3)C2)CC1. The average molecular weight is 382 g/mol. The molecule has 6 heteroatoms. The Kier molecular flexibility index (Phi) is 4.96. The van der Waals surface area contributed by atoms with E-state index in [-0.39, 0.29) is 23.5 Å². The van der Waals surface area contributed by atoms with Gasteiger partial charge in [0.25, 0.3) is 0 Å². The molecule has 1 aromatic carbocycles. The molecular weight excluding hydrogens is 356 g/mol. The van der Waals surface area contributed by atoms with Crippen molar-refractivity contribution in [2.24, 2.45) is 5.92 Å². The monoisotopic (exact) mass is 382 g/mol. The van der Waals surface area contributed by atoms with Gasteiger partial charge in [0.05, 0.1) is 18.5 Å². The molecule has 0 aliphatic carbocycles. The van der Waals surface area contributed by atoms with Gasteiger partial charge in [-0.2, -0.15) is 0 Å². The van der Waals surface area contributed by atoms with Gasteiger partial charge in [-0.1, -0.05) is 18.7 Å². The lowest BCUT2D eigenvalue weighted by atomic mass is 9.83. The Morgan fingerprint density at radius 1 is 1.14 bits per heavy atom. The third kappa shape index (κ3) is 3.43. The highest BCUT2D eigenvalue weighted by Crippen LogP contribution is 2.38. The molecule has 3 aliphatic heterocycles. The average Bonchev–Trinajstić information content (AvgIpc) is 2.72. The predicted octanol–water partition coefficient (Wildman–Crippen LogP) is 2.44. The van der Waals surface area contributed by atoms with Crippen LogP contribution in [0.3, 0.4) is 0 Å². The van der Waals surface area contributed by atoms with Crippen molar-refractivity contribution in [3.05, 3.63) is 42.5 Å². The lowest BCUT2D eigenvalue weighted by molar-refractivity contribution is -0.144. The molecule has 2 fully saturated rings. The highest BCUT2D eigenvalue weighted by atomic mass is 16.5. The van der Waals surface area contributed by atoms with E-state index in [0.29, 0.717) is 56.8 Å². The van der Waals surface area contributed by atoms with Crippen LogP contribution < -0.4 is 4.74 Å². The van der Waals surface area contributed by atoms with E-state index in [0.717, 1.165) is 12.8 Å². The van der Waals surface area contributed by atoms with Gasteiger partial charge in [-0.15, -0.1) is 0 Å². The highest BCUT2D eigenvalue weighted by molar-refractivity contribution is 6.00. The molecule has 1 unspecified atom stereocenters. The van der Waals surface area contributed by atoms with Gasteiger partial charge in [-0.3, -0.25) is 14.4 Å². The Labute approximate surface area is 165 Å². The van der Waals surface area contributed by atoms with Gasteiger partial charge in [0, 0.05) is 25.6 Å². The van der Waals surface area contributed by atoms with E-state index in [4.69, 9.17) is 4.74 Å². The van der Waals surface area contributed by atoms with Crippen molar-refractivity contribution in [2.75, 3.05) is 26.2 Å². The molecule has 1 atom stereocenters. The van der Waals surface area contributed by atoms with Crippen LogP contribution in [0.4, 0.5) is 0 Å². The molecule has 3 aliphatic rings. The number of piperidine rings is 2. The van der Waals surface area contributed by atoms with E-state index in [1.165, 1.54) is 6.08 Å². The lowest BCUT2D eigenvalue weighted by Gasteiger charge is -2.46. The molecule has 1 aromatic rings. The summed E-state index contributed by atoms with van der Waals surface area (Å²) >= 11 is 0. The maximum Gasteiger partial charge on any atom is 0.245 e. The van der Waals surface area contributed by atoms with E-state index in [1.54, 1.807) is 11.0 Å². The first-order valence-electron chi connectivity index (χ1n) is 10.0. The minimum atomic E-state index is -0.612. The van der Waals surface area contributed by atoms with Crippen molar-refractivity contribution >= 4 is 17.6 Å². The minimum absolute atomic E-state index is 0.0735. The summed E-state index contributed by atoms with van der Waals surface area (Å²) < 4.78 is 6.28. The van der Waals surface area contributed by atoms with Gasteiger partial charge < -0.3 is 14.5 Å². The first-order chi connectivity index (χ1) is 13.5. The largest absolute Gasteiger partial charge is 0.484 e. The van der Waals surface area contributed by atoms with Crippen LogP contribution in [0.1, 0.15) is 42.5 Å². The first-order valence-corrected chi connectivity index (χ1v) is 10.0. The smallest absolute Gasteiger partial charge is 0.245 e. The van der Waals surface area contributed by atoms with Crippen molar-refractivity contribution in [3.8, 4) is 5.75 Å². The fourth-order valence-electron chi connectivity index (χ4n) is 4.69. The van der Waals surface area contributed by atoms with Crippen molar-refractivity contribution < 1.29 is 19.1 Å². The van der Waals surface area contributed by atoms with E-state index >= 15 is 0 Å². The number of ether oxygens (including phenoxy) is 1. The predicted molar refractivity (Wildman–Crippen MR) is 104 cm³/mol. The normalized spacial score (nSPS) is 25.2. The number of rotatable bonds is 2. The quantitative estimate of drug-likeness (QED) is 0.737. The maximum atomic E-state index is 13.1. The summed E-state index contributed by atoms with van der Waals surface area (Å²) in [7, 11) is 0. The Morgan fingerprint density at radius 3 is 2.64 bits per heavy atom. The zero-order valence-corrected chi connectivity index (χ0v) is 16.1. The number of likely N-dealkylation sites (tertiary alicyclic amines) is 2. The molecule has 0 bridgehead atoms. The van der Waals surface area contributed by atoms with Crippen LogP contribution in [0.15, 0.2) is 36.9 Å². The summed E-state index contributed by atoms with van der Waals surface area (Å²) in [5.41, 5.74) is 0.0228. The summed E-state index contributed by atoms with van der Waals surface area (Å²) in [6, 6.07) is 7.35. The van der Waals surface area contributed by atoms with Crippen LogP contribution in [-0.4, -0.2) is 59.2 Å². The summed E-state index contributed by atoms with van der Waals surface area (Å²) in [4.78, 5) is 41.1. The molecule has 2 saturated heterocycles. The molecule has 148 valence electrons. The Balaban J connectivity index is 1.43. The number of ketones is 1. The Hall–Kier alpha value is -2.63. The van der Waals surface area contributed by atoms with Gasteiger partial charge in [0.2, 0.25) is 11.8 Å². The van der Waals surface area contributed by atoms with Crippen LogP contribution >= 0.6 is 0 Å². The number of Topliss-reactive ketones (excluding diaryl/α,β-unsaturated/α-hetero) is 1. The van der Waals surface area contributed by atoms with E-state index < -0.39 is 5.60 Å². The van der Waals surface area contributed by atoms with Crippen LogP contribution in [0, 0.1) is 5.92 Å². The zero-order chi connectivity index (χ0) is 19.7. The number of nitrogens with zero attached hydrogens (tertiary/aromatic N) is 2. The summed E-state index contributed by atoms with van der Waals surface area (Å²) in [6.07, 6.45) is 4.60. The topological polar surface area (TPSA) is 66.9 Å². The van der Waals surface area contributed by atoms with Crippen molar-refractivity contribution in [1.29, 1.82) is 0 Å². The molecule has 0 N–H and O–H groups in total.